The van der Waals surface area contributed by atoms with Crippen molar-refractivity contribution in [3.8, 4) is 29.1 Å². The molecule has 1 fully saturated rings. The van der Waals surface area contributed by atoms with Crippen LogP contribution in [0, 0.1) is 22.7 Å². The highest BCUT2D eigenvalue weighted by Crippen LogP contribution is 2.35. The summed E-state index contributed by atoms with van der Waals surface area (Å²) in [6, 6.07) is 13.5. The molecular formula is C19H19N5O. The van der Waals surface area contributed by atoms with Gasteiger partial charge in [-0.05, 0) is 32.0 Å². The zero-order valence-electron chi connectivity index (χ0n) is 14.1. The van der Waals surface area contributed by atoms with Crippen molar-refractivity contribution >= 4 is 5.82 Å². The van der Waals surface area contributed by atoms with Gasteiger partial charge in [0.05, 0.1) is 0 Å². The number of hydrogen-bond acceptors (Lipinski definition) is 6. The molecule has 1 unspecified atom stereocenters. The summed E-state index contributed by atoms with van der Waals surface area (Å²) in [4.78, 5) is 6.40. The van der Waals surface area contributed by atoms with Crippen LogP contribution in [0.2, 0.25) is 0 Å². The van der Waals surface area contributed by atoms with Gasteiger partial charge in [0.2, 0.25) is 5.88 Å². The minimum absolute atomic E-state index is 0.0469. The van der Waals surface area contributed by atoms with Crippen molar-refractivity contribution in [3.05, 3.63) is 41.5 Å². The predicted molar refractivity (Wildman–Crippen MR) is 94.7 cm³/mol. The number of piperidine rings is 1. The molecule has 1 aromatic heterocycles. The first kappa shape index (κ1) is 16.8. The van der Waals surface area contributed by atoms with Crippen LogP contribution >= 0.6 is 0 Å². The second-order valence-corrected chi connectivity index (χ2v) is 6.16. The third-order valence-electron chi connectivity index (χ3n) is 4.34. The molecule has 25 heavy (non-hydrogen) atoms. The van der Waals surface area contributed by atoms with E-state index in [-0.39, 0.29) is 28.9 Å². The molecule has 6 nitrogen and oxygen atoms in total. The van der Waals surface area contributed by atoms with E-state index in [1.165, 1.54) is 0 Å². The number of anilines is 1. The molecule has 1 aliphatic heterocycles. The van der Waals surface area contributed by atoms with Crippen LogP contribution in [-0.2, 0) is 0 Å². The van der Waals surface area contributed by atoms with Crippen LogP contribution < -0.4 is 10.5 Å². The van der Waals surface area contributed by atoms with Gasteiger partial charge >= 0.3 is 0 Å². The standard InChI is InChI=1S/C19H19N5O/c1-24-9-5-8-14(12-24)25-19-16(11-21)17(13-6-3-2-4-7-13)15(10-20)18(22)23-19/h2-4,6-7,14H,5,8-9,12H2,1H3,(H2,22,23). The normalized spacial score (nSPS) is 17.5. The third kappa shape index (κ3) is 3.40. The van der Waals surface area contributed by atoms with Gasteiger partial charge in [-0.15, -0.1) is 0 Å². The number of likely N-dealkylation sites (tertiary alicyclic amines) is 1. The molecule has 0 bridgehead atoms. The maximum atomic E-state index is 9.72. The number of ether oxygens (including phenoxy) is 1. The molecule has 0 radical (unpaired) electrons. The Labute approximate surface area is 147 Å². The zero-order chi connectivity index (χ0) is 17.8. The van der Waals surface area contributed by atoms with Gasteiger partial charge in [-0.2, -0.15) is 15.5 Å². The number of pyridine rings is 1. The van der Waals surface area contributed by atoms with Gasteiger partial charge < -0.3 is 15.4 Å². The van der Waals surface area contributed by atoms with Crippen LogP contribution in [0.3, 0.4) is 0 Å². The number of hydrogen-bond donors (Lipinski definition) is 1. The van der Waals surface area contributed by atoms with E-state index in [2.05, 4.69) is 22.0 Å². The number of nitrogens with two attached hydrogens (primary N) is 1. The Balaban J connectivity index is 2.10. The first-order valence-corrected chi connectivity index (χ1v) is 8.18. The number of likely N-dealkylation sites (N-methyl/N-ethyl adjacent to an activating group) is 1. The molecule has 0 saturated carbocycles. The first-order chi connectivity index (χ1) is 12.1. The van der Waals surface area contributed by atoms with Crippen molar-refractivity contribution in [1.82, 2.24) is 9.88 Å². The Morgan fingerprint density at radius 3 is 2.56 bits per heavy atom. The first-order valence-electron chi connectivity index (χ1n) is 8.18. The fraction of sp³-hybridized carbons (Fsp3) is 0.316. The average Bonchev–Trinajstić information content (AvgIpc) is 2.62. The molecular weight excluding hydrogens is 314 g/mol. The van der Waals surface area contributed by atoms with Gasteiger partial charge in [0.15, 0.2) is 0 Å². The molecule has 1 aliphatic rings. The summed E-state index contributed by atoms with van der Waals surface area (Å²) in [7, 11) is 2.04. The van der Waals surface area contributed by atoms with Gasteiger partial charge in [-0.25, -0.2) is 0 Å². The smallest absolute Gasteiger partial charge is 0.234 e. The van der Waals surface area contributed by atoms with Crippen LogP contribution in [0.5, 0.6) is 5.88 Å². The second-order valence-electron chi connectivity index (χ2n) is 6.16. The van der Waals surface area contributed by atoms with E-state index in [9.17, 15) is 10.5 Å². The highest BCUT2D eigenvalue weighted by atomic mass is 16.5. The minimum atomic E-state index is -0.0469. The summed E-state index contributed by atoms with van der Waals surface area (Å²) in [6.07, 6.45) is 1.88. The van der Waals surface area contributed by atoms with Crippen molar-refractivity contribution in [2.24, 2.45) is 0 Å². The summed E-state index contributed by atoms with van der Waals surface area (Å²) < 4.78 is 6.03. The quantitative estimate of drug-likeness (QED) is 0.926. The molecule has 0 aliphatic carbocycles. The number of aromatic nitrogens is 1. The monoisotopic (exact) mass is 333 g/mol. The van der Waals surface area contributed by atoms with E-state index < -0.39 is 0 Å². The lowest BCUT2D eigenvalue weighted by Gasteiger charge is -2.30. The second kappa shape index (κ2) is 7.21. The van der Waals surface area contributed by atoms with Crippen LogP contribution in [0.15, 0.2) is 30.3 Å². The number of nitrogen functional groups attached to an aromatic ring is 1. The Kier molecular flexibility index (Phi) is 4.83. The van der Waals surface area contributed by atoms with Crippen molar-refractivity contribution in [3.63, 3.8) is 0 Å². The molecule has 6 heteroatoms. The Morgan fingerprint density at radius 2 is 1.92 bits per heavy atom. The SMILES string of the molecule is CN1CCCC(Oc2nc(N)c(C#N)c(-c3ccccc3)c2C#N)C1. The van der Waals surface area contributed by atoms with Crippen molar-refractivity contribution in [1.29, 1.82) is 10.5 Å². The van der Waals surface area contributed by atoms with Gasteiger partial charge in [-0.3, -0.25) is 0 Å². The number of nitrogens with zero attached hydrogens (tertiary/aromatic N) is 4. The summed E-state index contributed by atoms with van der Waals surface area (Å²) in [5.74, 6) is 0.290. The fourth-order valence-corrected chi connectivity index (χ4v) is 3.15. The lowest BCUT2D eigenvalue weighted by atomic mass is 9.96. The topological polar surface area (TPSA) is 99.0 Å². The number of nitriles is 2. The van der Waals surface area contributed by atoms with Gasteiger partial charge in [0, 0.05) is 12.1 Å². The molecule has 2 aromatic rings. The van der Waals surface area contributed by atoms with Crippen LogP contribution in [-0.4, -0.2) is 36.1 Å². The average molecular weight is 333 g/mol. The van der Waals surface area contributed by atoms with E-state index >= 15 is 0 Å². The minimum Gasteiger partial charge on any atom is -0.472 e. The lowest BCUT2D eigenvalue weighted by molar-refractivity contribution is 0.0999. The highest BCUT2D eigenvalue weighted by molar-refractivity contribution is 5.82. The fourth-order valence-electron chi connectivity index (χ4n) is 3.15. The third-order valence-corrected chi connectivity index (χ3v) is 4.34. The molecule has 0 amide bonds. The molecule has 0 spiro atoms. The Hall–Kier alpha value is -3.09. The summed E-state index contributed by atoms with van der Waals surface area (Å²) in [6.45, 7) is 1.80. The summed E-state index contributed by atoms with van der Waals surface area (Å²) in [5, 5.41) is 19.2. The van der Waals surface area contributed by atoms with E-state index in [1.54, 1.807) is 0 Å². The van der Waals surface area contributed by atoms with Gasteiger partial charge in [-0.1, -0.05) is 30.3 Å². The molecule has 126 valence electrons. The van der Waals surface area contributed by atoms with E-state index in [4.69, 9.17) is 10.5 Å². The van der Waals surface area contributed by atoms with E-state index in [0.29, 0.717) is 5.56 Å². The van der Waals surface area contributed by atoms with Crippen molar-refractivity contribution in [2.45, 2.75) is 18.9 Å². The molecule has 3 rings (SSSR count). The Morgan fingerprint density at radius 1 is 1.20 bits per heavy atom. The molecule has 1 atom stereocenters. The van der Waals surface area contributed by atoms with Gasteiger partial charge in [0.1, 0.15) is 35.2 Å². The highest BCUT2D eigenvalue weighted by Gasteiger charge is 2.25. The van der Waals surface area contributed by atoms with E-state index in [0.717, 1.165) is 31.5 Å². The maximum absolute atomic E-state index is 9.72. The molecule has 1 aromatic carbocycles. The van der Waals surface area contributed by atoms with E-state index in [1.807, 2.05) is 37.4 Å². The Bertz CT molecular complexity index is 851. The molecule has 1 saturated heterocycles. The van der Waals surface area contributed by atoms with Crippen molar-refractivity contribution < 1.29 is 4.74 Å². The number of benzene rings is 1. The largest absolute Gasteiger partial charge is 0.472 e. The lowest BCUT2D eigenvalue weighted by Crippen LogP contribution is -2.38. The zero-order valence-corrected chi connectivity index (χ0v) is 14.1. The summed E-state index contributed by atoms with van der Waals surface area (Å²) in [5.41, 5.74) is 7.68. The number of rotatable bonds is 3. The van der Waals surface area contributed by atoms with Crippen LogP contribution in [0.1, 0.15) is 24.0 Å². The maximum Gasteiger partial charge on any atom is 0.234 e. The predicted octanol–water partition coefficient (Wildman–Crippen LogP) is 2.55. The molecule has 2 N–H and O–H groups in total. The van der Waals surface area contributed by atoms with Crippen LogP contribution in [0.25, 0.3) is 11.1 Å². The molecule has 2 heterocycles. The van der Waals surface area contributed by atoms with Crippen LogP contribution in [0.4, 0.5) is 5.82 Å². The summed E-state index contributed by atoms with van der Waals surface area (Å²) >= 11 is 0. The van der Waals surface area contributed by atoms with Crippen molar-refractivity contribution in [2.75, 3.05) is 25.9 Å². The van der Waals surface area contributed by atoms with Gasteiger partial charge in [0.25, 0.3) is 0 Å².